The van der Waals surface area contributed by atoms with Gasteiger partial charge in [0.15, 0.2) is 0 Å². The van der Waals surface area contributed by atoms with Gasteiger partial charge in [-0.25, -0.2) is 0 Å². The van der Waals surface area contributed by atoms with Crippen molar-refractivity contribution in [2.24, 2.45) is 0 Å². The highest BCUT2D eigenvalue weighted by Gasteiger charge is 2.29. The van der Waals surface area contributed by atoms with Crippen LogP contribution in [0.2, 0.25) is 5.02 Å². The molecule has 28 heavy (non-hydrogen) atoms. The summed E-state index contributed by atoms with van der Waals surface area (Å²) in [4.78, 5) is 27.7. The van der Waals surface area contributed by atoms with Crippen molar-refractivity contribution in [3.8, 4) is 0 Å². The van der Waals surface area contributed by atoms with Crippen molar-refractivity contribution in [2.45, 2.75) is 59.2 Å². The number of rotatable bonds is 8. The number of benzene rings is 2. The summed E-state index contributed by atoms with van der Waals surface area (Å²) in [5.41, 5.74) is 2.87. The van der Waals surface area contributed by atoms with Crippen LogP contribution in [0.4, 0.5) is 0 Å². The molecule has 0 saturated heterocycles. The lowest BCUT2D eigenvalue weighted by Gasteiger charge is -2.31. The van der Waals surface area contributed by atoms with Gasteiger partial charge in [0.25, 0.3) is 0 Å². The standard InChI is InChI=1S/C23H29ClN2O2/c1-5-21(23(28)25-16(2)3)26(15-19-11-6-7-12-20(19)24)22(27)14-18-10-8-9-17(4)13-18/h6-13,16,21H,5,14-15H2,1-4H3,(H,25,28)/t21-/m1/s1. The van der Waals surface area contributed by atoms with Gasteiger partial charge in [-0.1, -0.05) is 66.6 Å². The maximum Gasteiger partial charge on any atom is 0.243 e. The fraction of sp³-hybridized carbons (Fsp3) is 0.391. The fourth-order valence-electron chi connectivity index (χ4n) is 3.21. The van der Waals surface area contributed by atoms with Gasteiger partial charge in [-0.3, -0.25) is 9.59 Å². The van der Waals surface area contributed by atoms with Gasteiger partial charge < -0.3 is 10.2 Å². The lowest BCUT2D eigenvalue weighted by Crippen LogP contribution is -2.50. The van der Waals surface area contributed by atoms with E-state index in [1.165, 1.54) is 0 Å². The third kappa shape index (κ3) is 6.10. The van der Waals surface area contributed by atoms with Gasteiger partial charge in [0.05, 0.1) is 6.42 Å². The average Bonchev–Trinajstić information content (AvgIpc) is 2.62. The molecule has 150 valence electrons. The summed E-state index contributed by atoms with van der Waals surface area (Å²) in [6.07, 6.45) is 0.778. The molecule has 0 aromatic heterocycles. The van der Waals surface area contributed by atoms with Gasteiger partial charge in [-0.05, 0) is 44.4 Å². The number of carbonyl (C=O) groups excluding carboxylic acids is 2. The second-order valence-electron chi connectivity index (χ2n) is 7.37. The lowest BCUT2D eigenvalue weighted by molar-refractivity contribution is -0.141. The second kappa shape index (κ2) is 10.3. The molecule has 0 saturated carbocycles. The molecule has 0 spiro atoms. The van der Waals surface area contributed by atoms with Crippen LogP contribution in [0.5, 0.6) is 0 Å². The Morgan fingerprint density at radius 1 is 1.11 bits per heavy atom. The van der Waals surface area contributed by atoms with Gasteiger partial charge in [-0.15, -0.1) is 0 Å². The second-order valence-corrected chi connectivity index (χ2v) is 7.77. The zero-order chi connectivity index (χ0) is 20.7. The van der Waals surface area contributed by atoms with Crippen LogP contribution in [0.15, 0.2) is 48.5 Å². The van der Waals surface area contributed by atoms with E-state index < -0.39 is 6.04 Å². The maximum atomic E-state index is 13.2. The molecule has 0 bridgehead atoms. The topological polar surface area (TPSA) is 49.4 Å². The molecule has 1 atom stereocenters. The molecule has 5 heteroatoms. The molecule has 0 radical (unpaired) electrons. The van der Waals surface area contributed by atoms with Gasteiger partial charge in [0.2, 0.25) is 11.8 Å². The van der Waals surface area contributed by atoms with Crippen LogP contribution in [0.3, 0.4) is 0 Å². The van der Waals surface area contributed by atoms with Crippen molar-refractivity contribution < 1.29 is 9.59 Å². The Bertz CT molecular complexity index is 820. The normalized spacial score (nSPS) is 11.9. The third-order valence-electron chi connectivity index (χ3n) is 4.55. The van der Waals surface area contributed by atoms with E-state index >= 15 is 0 Å². The predicted octanol–water partition coefficient (Wildman–Crippen LogP) is 4.52. The van der Waals surface area contributed by atoms with E-state index in [4.69, 9.17) is 11.6 Å². The van der Waals surface area contributed by atoms with E-state index in [0.717, 1.165) is 16.7 Å². The van der Waals surface area contributed by atoms with E-state index in [2.05, 4.69) is 5.32 Å². The van der Waals surface area contributed by atoms with Crippen LogP contribution in [0.25, 0.3) is 0 Å². The highest BCUT2D eigenvalue weighted by molar-refractivity contribution is 6.31. The minimum absolute atomic E-state index is 0.00980. The third-order valence-corrected chi connectivity index (χ3v) is 4.92. The van der Waals surface area contributed by atoms with Crippen molar-refractivity contribution in [3.63, 3.8) is 0 Å². The number of hydrogen-bond donors (Lipinski definition) is 1. The van der Waals surface area contributed by atoms with Crippen molar-refractivity contribution >= 4 is 23.4 Å². The van der Waals surface area contributed by atoms with Crippen LogP contribution in [-0.4, -0.2) is 28.8 Å². The van der Waals surface area contributed by atoms with E-state index in [1.807, 2.05) is 70.2 Å². The first-order valence-electron chi connectivity index (χ1n) is 9.70. The Labute approximate surface area is 172 Å². The Kier molecular flexibility index (Phi) is 8.06. The Balaban J connectivity index is 2.32. The van der Waals surface area contributed by atoms with Crippen LogP contribution >= 0.6 is 11.6 Å². The Morgan fingerprint density at radius 2 is 1.82 bits per heavy atom. The molecule has 1 N–H and O–H groups in total. The molecule has 2 aromatic rings. The Hall–Kier alpha value is -2.33. The van der Waals surface area contributed by atoms with Crippen molar-refractivity contribution in [3.05, 3.63) is 70.2 Å². The first kappa shape index (κ1) is 22.0. The summed E-state index contributed by atoms with van der Waals surface area (Å²) in [6.45, 7) is 8.05. The maximum absolute atomic E-state index is 13.2. The molecular formula is C23H29ClN2O2. The van der Waals surface area contributed by atoms with Crippen molar-refractivity contribution in [1.82, 2.24) is 10.2 Å². The van der Waals surface area contributed by atoms with Crippen LogP contribution in [0.1, 0.15) is 43.9 Å². The van der Waals surface area contributed by atoms with Crippen LogP contribution < -0.4 is 5.32 Å². The predicted molar refractivity (Wildman–Crippen MR) is 114 cm³/mol. The van der Waals surface area contributed by atoms with Crippen LogP contribution in [-0.2, 0) is 22.6 Å². The molecule has 2 aromatic carbocycles. The minimum Gasteiger partial charge on any atom is -0.352 e. The Morgan fingerprint density at radius 3 is 2.43 bits per heavy atom. The molecule has 0 aliphatic heterocycles. The zero-order valence-corrected chi connectivity index (χ0v) is 17.8. The van der Waals surface area contributed by atoms with Gasteiger partial charge in [0.1, 0.15) is 6.04 Å². The lowest BCUT2D eigenvalue weighted by atomic mass is 10.0. The molecule has 0 fully saturated rings. The molecular weight excluding hydrogens is 372 g/mol. The van der Waals surface area contributed by atoms with Crippen molar-refractivity contribution in [1.29, 1.82) is 0 Å². The van der Waals surface area contributed by atoms with E-state index in [-0.39, 0.29) is 24.3 Å². The monoisotopic (exact) mass is 400 g/mol. The number of hydrogen-bond acceptors (Lipinski definition) is 2. The number of nitrogens with one attached hydrogen (secondary N) is 1. The quantitative estimate of drug-likeness (QED) is 0.708. The summed E-state index contributed by atoms with van der Waals surface area (Å²) in [7, 11) is 0. The minimum atomic E-state index is -0.545. The van der Waals surface area contributed by atoms with Gasteiger partial charge in [0, 0.05) is 17.6 Å². The highest BCUT2D eigenvalue weighted by atomic mass is 35.5. The first-order valence-corrected chi connectivity index (χ1v) is 10.1. The van der Waals surface area contributed by atoms with E-state index in [9.17, 15) is 9.59 Å². The smallest absolute Gasteiger partial charge is 0.243 e. The van der Waals surface area contributed by atoms with Gasteiger partial charge >= 0.3 is 0 Å². The number of nitrogens with zero attached hydrogens (tertiary/aromatic N) is 1. The highest BCUT2D eigenvalue weighted by Crippen LogP contribution is 2.20. The largest absolute Gasteiger partial charge is 0.352 e. The number of amides is 2. The SMILES string of the molecule is CC[C@H](C(=O)NC(C)C)N(Cc1ccccc1Cl)C(=O)Cc1cccc(C)c1. The molecule has 2 rings (SSSR count). The average molecular weight is 401 g/mol. The number of carbonyl (C=O) groups is 2. The molecule has 0 unspecified atom stereocenters. The summed E-state index contributed by atoms with van der Waals surface area (Å²) >= 11 is 6.33. The number of halogens is 1. The molecule has 2 amide bonds. The molecule has 0 aliphatic rings. The fourth-order valence-corrected chi connectivity index (χ4v) is 3.40. The summed E-state index contributed by atoms with van der Waals surface area (Å²) in [6, 6.07) is 14.8. The summed E-state index contributed by atoms with van der Waals surface area (Å²) < 4.78 is 0. The molecule has 0 heterocycles. The summed E-state index contributed by atoms with van der Waals surface area (Å²) in [5, 5.41) is 3.53. The van der Waals surface area contributed by atoms with Crippen molar-refractivity contribution in [2.75, 3.05) is 0 Å². The molecule has 4 nitrogen and oxygen atoms in total. The van der Waals surface area contributed by atoms with E-state index in [0.29, 0.717) is 18.0 Å². The number of aryl methyl sites for hydroxylation is 1. The zero-order valence-electron chi connectivity index (χ0n) is 17.0. The first-order chi connectivity index (χ1) is 13.3. The van der Waals surface area contributed by atoms with E-state index in [1.54, 1.807) is 11.0 Å². The van der Waals surface area contributed by atoms with Crippen LogP contribution in [0, 0.1) is 6.92 Å². The summed E-state index contributed by atoms with van der Waals surface area (Å²) in [5.74, 6) is -0.224. The molecule has 0 aliphatic carbocycles. The van der Waals surface area contributed by atoms with Gasteiger partial charge in [-0.2, -0.15) is 0 Å².